The third-order valence-electron chi connectivity index (χ3n) is 5.32. The molecule has 2 unspecified atom stereocenters. The Hall–Kier alpha value is -1.32. The van der Waals surface area contributed by atoms with E-state index >= 15 is 0 Å². The summed E-state index contributed by atoms with van der Waals surface area (Å²) in [4.78, 5) is 4.18. The molecule has 0 spiro atoms. The summed E-state index contributed by atoms with van der Waals surface area (Å²) < 4.78 is 5.57. The topological polar surface area (TPSA) is 12.5 Å². The minimum atomic E-state index is 0.710. The summed E-state index contributed by atoms with van der Waals surface area (Å²) in [6.07, 6.45) is 3.69. The highest BCUT2D eigenvalue weighted by Crippen LogP contribution is 2.44. The smallest absolute Gasteiger partial charge is 0.122 e. The zero-order valence-electron chi connectivity index (χ0n) is 13.1. The van der Waals surface area contributed by atoms with Crippen molar-refractivity contribution >= 4 is 11.3 Å². The fraction of sp³-hybridized carbons (Fsp3) is 0.474. The number of hydrogen-bond donors (Lipinski definition) is 0. The van der Waals surface area contributed by atoms with Crippen molar-refractivity contribution < 1.29 is 4.74 Å². The van der Waals surface area contributed by atoms with E-state index in [4.69, 9.17) is 4.74 Å². The van der Waals surface area contributed by atoms with Gasteiger partial charge in [0.15, 0.2) is 0 Å². The fourth-order valence-electron chi connectivity index (χ4n) is 4.23. The van der Waals surface area contributed by atoms with Crippen LogP contribution in [0.4, 0.5) is 0 Å². The second kappa shape index (κ2) is 6.05. The van der Waals surface area contributed by atoms with Gasteiger partial charge in [-0.1, -0.05) is 18.2 Å². The zero-order chi connectivity index (χ0) is 14.9. The average molecular weight is 313 g/mol. The molecule has 1 aliphatic heterocycles. The van der Waals surface area contributed by atoms with Crippen molar-refractivity contribution in [2.75, 3.05) is 26.7 Å². The number of thiophene rings is 1. The van der Waals surface area contributed by atoms with Crippen molar-refractivity contribution in [3.63, 3.8) is 0 Å². The first-order valence-corrected chi connectivity index (χ1v) is 9.13. The lowest BCUT2D eigenvalue weighted by Gasteiger charge is -2.28. The molecule has 4 rings (SSSR count). The third kappa shape index (κ3) is 2.57. The van der Waals surface area contributed by atoms with Crippen LogP contribution >= 0.6 is 11.3 Å². The van der Waals surface area contributed by atoms with Gasteiger partial charge in [0.2, 0.25) is 0 Å². The van der Waals surface area contributed by atoms with Crippen LogP contribution in [-0.2, 0) is 12.8 Å². The SMILES string of the molecule is COc1cccc2c1CCC1CN(CCc3cccs3)CC21. The molecule has 2 nitrogen and oxygen atoms in total. The monoisotopic (exact) mass is 313 g/mol. The van der Waals surface area contributed by atoms with E-state index in [9.17, 15) is 0 Å². The summed E-state index contributed by atoms with van der Waals surface area (Å²) in [6.45, 7) is 3.69. The molecule has 22 heavy (non-hydrogen) atoms. The van der Waals surface area contributed by atoms with E-state index < -0.39 is 0 Å². The number of likely N-dealkylation sites (tertiary alicyclic amines) is 1. The lowest BCUT2D eigenvalue weighted by molar-refractivity contribution is 0.325. The molecule has 2 heterocycles. The van der Waals surface area contributed by atoms with Crippen LogP contribution in [-0.4, -0.2) is 31.6 Å². The maximum atomic E-state index is 5.57. The van der Waals surface area contributed by atoms with Crippen LogP contribution in [0.15, 0.2) is 35.7 Å². The summed E-state index contributed by atoms with van der Waals surface area (Å²) in [5.41, 5.74) is 3.01. The normalized spacial score (nSPS) is 24.0. The van der Waals surface area contributed by atoms with E-state index in [1.807, 2.05) is 11.3 Å². The van der Waals surface area contributed by atoms with Crippen LogP contribution in [0.1, 0.15) is 28.3 Å². The number of benzene rings is 1. The molecule has 1 fully saturated rings. The highest BCUT2D eigenvalue weighted by Gasteiger charge is 2.37. The summed E-state index contributed by atoms with van der Waals surface area (Å²) in [7, 11) is 1.80. The second-order valence-electron chi connectivity index (χ2n) is 6.52. The minimum Gasteiger partial charge on any atom is -0.496 e. The summed E-state index contributed by atoms with van der Waals surface area (Å²) in [5, 5.41) is 2.18. The maximum Gasteiger partial charge on any atom is 0.122 e. The Kier molecular flexibility index (Phi) is 3.93. The van der Waals surface area contributed by atoms with Gasteiger partial charge in [0.25, 0.3) is 0 Å². The zero-order valence-corrected chi connectivity index (χ0v) is 13.9. The van der Waals surface area contributed by atoms with Crippen molar-refractivity contribution in [2.45, 2.75) is 25.2 Å². The summed E-state index contributed by atoms with van der Waals surface area (Å²) >= 11 is 1.88. The molecular formula is C19H23NOS. The van der Waals surface area contributed by atoms with Gasteiger partial charge in [-0.05, 0) is 53.8 Å². The maximum absolute atomic E-state index is 5.57. The first kappa shape index (κ1) is 14.3. The van der Waals surface area contributed by atoms with Gasteiger partial charge in [-0.15, -0.1) is 11.3 Å². The molecule has 2 aliphatic rings. The van der Waals surface area contributed by atoms with Crippen LogP contribution in [0.2, 0.25) is 0 Å². The van der Waals surface area contributed by atoms with Gasteiger partial charge in [0, 0.05) is 30.4 Å². The Bertz CT molecular complexity index is 637. The number of nitrogens with zero attached hydrogens (tertiary/aromatic N) is 1. The number of ether oxygens (including phenoxy) is 1. The second-order valence-corrected chi connectivity index (χ2v) is 7.55. The standard InChI is InChI=1S/C19H23NOS/c1-21-19-6-2-5-16-17(19)8-7-14-12-20(13-18(14)16)10-9-15-4-3-11-22-15/h2-6,11,14,18H,7-10,12-13H2,1H3. The summed E-state index contributed by atoms with van der Waals surface area (Å²) in [6, 6.07) is 11.0. The van der Waals surface area contributed by atoms with E-state index in [1.54, 1.807) is 12.7 Å². The molecule has 3 heteroatoms. The van der Waals surface area contributed by atoms with Crippen LogP contribution in [0.25, 0.3) is 0 Å². The lowest BCUT2D eigenvalue weighted by atomic mass is 9.77. The molecule has 0 N–H and O–H groups in total. The number of rotatable bonds is 4. The predicted octanol–water partition coefficient (Wildman–Crippen LogP) is 3.96. The van der Waals surface area contributed by atoms with Crippen LogP contribution in [0.3, 0.4) is 0 Å². The van der Waals surface area contributed by atoms with Gasteiger partial charge in [0.1, 0.15) is 5.75 Å². The van der Waals surface area contributed by atoms with Crippen molar-refractivity contribution in [1.29, 1.82) is 0 Å². The number of hydrogen-bond acceptors (Lipinski definition) is 3. The Balaban J connectivity index is 1.48. The van der Waals surface area contributed by atoms with Crippen molar-refractivity contribution in [1.82, 2.24) is 4.90 Å². The molecule has 1 aromatic heterocycles. The molecule has 0 amide bonds. The van der Waals surface area contributed by atoms with E-state index in [0.29, 0.717) is 5.92 Å². The Morgan fingerprint density at radius 2 is 2.18 bits per heavy atom. The third-order valence-corrected chi connectivity index (χ3v) is 6.26. The predicted molar refractivity (Wildman–Crippen MR) is 92.0 cm³/mol. The first-order chi connectivity index (χ1) is 10.8. The first-order valence-electron chi connectivity index (χ1n) is 8.25. The largest absolute Gasteiger partial charge is 0.496 e. The molecule has 2 aromatic rings. The van der Waals surface area contributed by atoms with E-state index in [1.165, 1.54) is 49.3 Å². The molecule has 116 valence electrons. The van der Waals surface area contributed by atoms with Crippen molar-refractivity contribution in [3.8, 4) is 5.75 Å². The molecule has 2 atom stereocenters. The van der Waals surface area contributed by atoms with Crippen LogP contribution < -0.4 is 4.74 Å². The minimum absolute atomic E-state index is 0.710. The highest BCUT2D eigenvalue weighted by atomic mass is 32.1. The molecule has 1 saturated heterocycles. The van der Waals surface area contributed by atoms with E-state index in [2.05, 4.69) is 40.6 Å². The molecular weight excluding hydrogens is 290 g/mol. The fourth-order valence-corrected chi connectivity index (χ4v) is 4.93. The Labute approximate surface area is 136 Å². The van der Waals surface area contributed by atoms with Crippen LogP contribution in [0.5, 0.6) is 5.75 Å². The molecule has 0 radical (unpaired) electrons. The van der Waals surface area contributed by atoms with Gasteiger partial charge < -0.3 is 9.64 Å². The molecule has 1 aromatic carbocycles. The van der Waals surface area contributed by atoms with Gasteiger partial charge >= 0.3 is 0 Å². The Morgan fingerprint density at radius 3 is 3.00 bits per heavy atom. The number of fused-ring (bicyclic) bond motifs is 3. The highest BCUT2D eigenvalue weighted by molar-refractivity contribution is 7.09. The molecule has 1 aliphatic carbocycles. The molecule has 0 bridgehead atoms. The average Bonchev–Trinajstić information content (AvgIpc) is 3.21. The number of methoxy groups -OCH3 is 1. The van der Waals surface area contributed by atoms with E-state index in [0.717, 1.165) is 11.7 Å². The Morgan fingerprint density at radius 1 is 1.23 bits per heavy atom. The van der Waals surface area contributed by atoms with E-state index in [-0.39, 0.29) is 0 Å². The molecule has 0 saturated carbocycles. The van der Waals surface area contributed by atoms with Gasteiger partial charge in [-0.2, -0.15) is 0 Å². The lowest BCUT2D eigenvalue weighted by Crippen LogP contribution is -2.23. The van der Waals surface area contributed by atoms with Crippen molar-refractivity contribution in [2.24, 2.45) is 5.92 Å². The summed E-state index contributed by atoms with van der Waals surface area (Å²) in [5.74, 6) is 2.64. The van der Waals surface area contributed by atoms with Gasteiger partial charge in [-0.25, -0.2) is 0 Å². The van der Waals surface area contributed by atoms with Crippen LogP contribution in [0, 0.1) is 5.92 Å². The quantitative estimate of drug-likeness (QED) is 0.847. The van der Waals surface area contributed by atoms with Gasteiger partial charge in [-0.3, -0.25) is 0 Å². The van der Waals surface area contributed by atoms with Crippen molar-refractivity contribution in [3.05, 3.63) is 51.7 Å². The van der Waals surface area contributed by atoms with Gasteiger partial charge in [0.05, 0.1) is 7.11 Å².